The smallest absolute Gasteiger partial charge is 0.0991 e. The third-order valence-corrected chi connectivity index (χ3v) is 3.74. The van der Waals surface area contributed by atoms with Gasteiger partial charge in [-0.05, 0) is 60.2 Å². The van der Waals surface area contributed by atoms with Gasteiger partial charge in [0.05, 0.1) is 11.6 Å². The molecule has 2 aromatic carbocycles. The normalized spacial score (nSPS) is 10.7. The summed E-state index contributed by atoms with van der Waals surface area (Å²) in [5.74, 6) is 0. The lowest BCUT2D eigenvalue weighted by Gasteiger charge is -2.09. The van der Waals surface area contributed by atoms with E-state index in [1.54, 1.807) is 0 Å². The Hall–Kier alpha value is -2.53. The van der Waals surface area contributed by atoms with E-state index in [0.717, 1.165) is 12.1 Å². The topological polar surface area (TPSA) is 28.7 Å². The van der Waals surface area contributed by atoms with E-state index in [1.807, 2.05) is 12.1 Å². The zero-order valence-corrected chi connectivity index (χ0v) is 11.7. The van der Waals surface area contributed by atoms with Crippen molar-refractivity contribution in [1.82, 2.24) is 4.57 Å². The molecule has 1 aromatic heterocycles. The predicted octanol–water partition coefficient (Wildman–Crippen LogP) is 4.18. The summed E-state index contributed by atoms with van der Waals surface area (Å²) in [7, 11) is 0. The van der Waals surface area contributed by atoms with Gasteiger partial charge >= 0.3 is 0 Å². The van der Waals surface area contributed by atoms with Crippen molar-refractivity contribution in [1.29, 1.82) is 5.26 Å². The maximum absolute atomic E-state index is 8.93. The Bertz CT molecular complexity index is 819. The van der Waals surface area contributed by atoms with Crippen molar-refractivity contribution in [3.63, 3.8) is 0 Å². The molecular weight excluding hydrogens is 244 g/mol. The molecule has 0 spiro atoms. The third kappa shape index (κ3) is 2.19. The number of aryl methyl sites for hydroxylation is 2. The molecule has 0 bridgehead atoms. The Morgan fingerprint density at radius 3 is 2.65 bits per heavy atom. The van der Waals surface area contributed by atoms with Crippen LogP contribution in [0.1, 0.15) is 22.3 Å². The molecule has 0 fully saturated rings. The van der Waals surface area contributed by atoms with Crippen LogP contribution in [0.3, 0.4) is 0 Å². The van der Waals surface area contributed by atoms with Crippen molar-refractivity contribution in [2.24, 2.45) is 0 Å². The number of rotatable bonds is 2. The second-order valence-electron chi connectivity index (χ2n) is 5.26. The predicted molar refractivity (Wildman–Crippen MR) is 81.7 cm³/mol. The first-order chi connectivity index (χ1) is 9.67. The van der Waals surface area contributed by atoms with Crippen molar-refractivity contribution in [2.45, 2.75) is 20.4 Å². The average molecular weight is 260 g/mol. The fraction of sp³-hybridized carbons (Fsp3) is 0.167. The highest BCUT2D eigenvalue weighted by Gasteiger charge is 2.05. The van der Waals surface area contributed by atoms with Gasteiger partial charge in [0.15, 0.2) is 0 Å². The Labute approximate surface area is 118 Å². The Morgan fingerprint density at radius 2 is 1.90 bits per heavy atom. The van der Waals surface area contributed by atoms with Crippen LogP contribution in [0.25, 0.3) is 10.9 Å². The van der Waals surface area contributed by atoms with Crippen LogP contribution < -0.4 is 0 Å². The van der Waals surface area contributed by atoms with E-state index < -0.39 is 0 Å². The van der Waals surface area contributed by atoms with E-state index in [-0.39, 0.29) is 0 Å². The van der Waals surface area contributed by atoms with Gasteiger partial charge in [-0.15, -0.1) is 0 Å². The molecule has 0 aliphatic carbocycles. The number of hydrogen-bond donors (Lipinski definition) is 0. The van der Waals surface area contributed by atoms with Gasteiger partial charge in [-0.2, -0.15) is 5.26 Å². The van der Waals surface area contributed by atoms with Crippen molar-refractivity contribution < 1.29 is 0 Å². The van der Waals surface area contributed by atoms with Crippen LogP contribution >= 0.6 is 0 Å². The highest BCUT2D eigenvalue weighted by molar-refractivity contribution is 5.80. The van der Waals surface area contributed by atoms with Crippen LogP contribution in [-0.4, -0.2) is 4.57 Å². The maximum Gasteiger partial charge on any atom is 0.0991 e. The van der Waals surface area contributed by atoms with E-state index in [2.05, 4.69) is 61.0 Å². The fourth-order valence-electron chi connectivity index (χ4n) is 2.56. The Balaban J connectivity index is 2.01. The summed E-state index contributed by atoms with van der Waals surface area (Å²) in [5.41, 5.74) is 5.67. The van der Waals surface area contributed by atoms with Crippen LogP contribution in [0.4, 0.5) is 0 Å². The van der Waals surface area contributed by atoms with E-state index >= 15 is 0 Å². The van der Waals surface area contributed by atoms with Crippen LogP contribution in [0.15, 0.2) is 48.7 Å². The minimum absolute atomic E-state index is 0.722. The van der Waals surface area contributed by atoms with E-state index in [9.17, 15) is 0 Å². The quantitative estimate of drug-likeness (QED) is 0.679. The highest BCUT2D eigenvalue weighted by atomic mass is 14.9. The number of aromatic nitrogens is 1. The lowest BCUT2D eigenvalue weighted by atomic mass is 10.1. The highest BCUT2D eigenvalue weighted by Crippen LogP contribution is 2.20. The molecule has 0 N–H and O–H groups in total. The van der Waals surface area contributed by atoms with Crippen LogP contribution in [0, 0.1) is 25.2 Å². The van der Waals surface area contributed by atoms with Gasteiger partial charge in [0.1, 0.15) is 0 Å². The molecule has 0 aliphatic rings. The number of nitriles is 1. The summed E-state index contributed by atoms with van der Waals surface area (Å²) in [6, 6.07) is 16.7. The lowest BCUT2D eigenvalue weighted by Crippen LogP contribution is -2.00. The van der Waals surface area contributed by atoms with Gasteiger partial charge < -0.3 is 4.57 Å². The SMILES string of the molecule is Cc1ccc2ccn(Cc3ccc(C#N)cc3C)c2c1. The zero-order valence-electron chi connectivity index (χ0n) is 11.7. The monoisotopic (exact) mass is 260 g/mol. The van der Waals surface area contributed by atoms with Crippen molar-refractivity contribution in [3.05, 3.63) is 70.9 Å². The first kappa shape index (κ1) is 12.5. The van der Waals surface area contributed by atoms with Gasteiger partial charge in [0.25, 0.3) is 0 Å². The molecule has 20 heavy (non-hydrogen) atoms. The van der Waals surface area contributed by atoms with E-state index in [1.165, 1.54) is 27.6 Å². The summed E-state index contributed by atoms with van der Waals surface area (Å²) in [6.45, 7) is 5.02. The largest absolute Gasteiger partial charge is 0.343 e. The summed E-state index contributed by atoms with van der Waals surface area (Å²) >= 11 is 0. The van der Waals surface area contributed by atoms with Gasteiger partial charge in [-0.3, -0.25) is 0 Å². The molecule has 3 rings (SSSR count). The van der Waals surface area contributed by atoms with Crippen molar-refractivity contribution in [2.75, 3.05) is 0 Å². The molecule has 0 unspecified atom stereocenters. The van der Waals surface area contributed by atoms with Gasteiger partial charge in [-0.25, -0.2) is 0 Å². The third-order valence-electron chi connectivity index (χ3n) is 3.74. The second kappa shape index (κ2) is 4.86. The number of nitrogens with zero attached hydrogens (tertiary/aromatic N) is 2. The van der Waals surface area contributed by atoms with Gasteiger partial charge in [0.2, 0.25) is 0 Å². The van der Waals surface area contributed by atoms with Gasteiger partial charge in [0, 0.05) is 18.3 Å². The minimum Gasteiger partial charge on any atom is -0.343 e. The molecule has 2 heteroatoms. The van der Waals surface area contributed by atoms with Crippen LogP contribution in [0.5, 0.6) is 0 Å². The Kier molecular flexibility index (Phi) is 3.04. The first-order valence-electron chi connectivity index (χ1n) is 6.72. The molecular formula is C18H16N2. The molecule has 0 aliphatic heterocycles. The molecule has 0 saturated carbocycles. The minimum atomic E-state index is 0.722. The first-order valence-corrected chi connectivity index (χ1v) is 6.72. The Morgan fingerprint density at radius 1 is 1.05 bits per heavy atom. The summed E-state index contributed by atoms with van der Waals surface area (Å²) in [4.78, 5) is 0. The number of hydrogen-bond acceptors (Lipinski definition) is 1. The van der Waals surface area contributed by atoms with E-state index in [4.69, 9.17) is 5.26 Å². The molecule has 98 valence electrons. The fourth-order valence-corrected chi connectivity index (χ4v) is 2.56. The standard InChI is InChI=1S/C18H16N2/c1-13-3-5-16-7-8-20(18(16)9-13)12-17-6-4-15(11-19)10-14(17)2/h3-10H,12H2,1-2H3. The molecule has 0 saturated heterocycles. The summed E-state index contributed by atoms with van der Waals surface area (Å²) in [6.07, 6.45) is 2.13. The zero-order chi connectivity index (χ0) is 14.1. The summed E-state index contributed by atoms with van der Waals surface area (Å²) < 4.78 is 2.26. The number of fused-ring (bicyclic) bond motifs is 1. The molecule has 0 amide bonds. The summed E-state index contributed by atoms with van der Waals surface area (Å²) in [5, 5.41) is 10.2. The lowest BCUT2D eigenvalue weighted by molar-refractivity contribution is 0.830. The van der Waals surface area contributed by atoms with Crippen LogP contribution in [-0.2, 0) is 6.54 Å². The van der Waals surface area contributed by atoms with Gasteiger partial charge in [-0.1, -0.05) is 18.2 Å². The molecule has 0 atom stereocenters. The molecule has 3 aromatic rings. The average Bonchev–Trinajstić information content (AvgIpc) is 2.83. The molecule has 1 heterocycles. The molecule has 0 radical (unpaired) electrons. The number of benzene rings is 2. The van der Waals surface area contributed by atoms with Crippen molar-refractivity contribution >= 4 is 10.9 Å². The molecule has 2 nitrogen and oxygen atoms in total. The van der Waals surface area contributed by atoms with Crippen molar-refractivity contribution in [3.8, 4) is 6.07 Å². The van der Waals surface area contributed by atoms with Crippen LogP contribution in [0.2, 0.25) is 0 Å². The van der Waals surface area contributed by atoms with E-state index in [0.29, 0.717) is 0 Å². The maximum atomic E-state index is 8.93. The second-order valence-corrected chi connectivity index (χ2v) is 5.26.